The van der Waals surface area contributed by atoms with Gasteiger partial charge in [0.05, 0.1) is 5.69 Å². The molecule has 0 amide bonds. The summed E-state index contributed by atoms with van der Waals surface area (Å²) in [6.07, 6.45) is 1.92. The van der Waals surface area contributed by atoms with E-state index in [2.05, 4.69) is 48.1 Å². The molecule has 0 aliphatic rings. The zero-order chi connectivity index (χ0) is 14.0. The lowest BCUT2D eigenvalue weighted by Gasteiger charge is -2.18. The highest BCUT2D eigenvalue weighted by molar-refractivity contribution is 5.42. The van der Waals surface area contributed by atoms with Crippen LogP contribution >= 0.6 is 0 Å². The second-order valence-corrected chi connectivity index (χ2v) is 5.62. The van der Waals surface area contributed by atoms with Crippen LogP contribution in [0, 0.1) is 6.92 Å². The maximum absolute atomic E-state index is 4.62. The summed E-state index contributed by atoms with van der Waals surface area (Å²) in [7, 11) is 0. The van der Waals surface area contributed by atoms with Crippen molar-refractivity contribution in [3.05, 3.63) is 29.8 Å². The molecule has 5 heteroatoms. The first-order chi connectivity index (χ1) is 8.90. The molecule has 0 unspecified atom stereocenters. The molecule has 2 aromatic rings. The van der Waals surface area contributed by atoms with E-state index in [0.29, 0.717) is 0 Å². The minimum atomic E-state index is -0.0949. The van der Waals surface area contributed by atoms with Crippen LogP contribution in [0.5, 0.6) is 0 Å². The molecule has 5 nitrogen and oxygen atoms in total. The van der Waals surface area contributed by atoms with Gasteiger partial charge in [0.15, 0.2) is 5.82 Å². The lowest BCUT2D eigenvalue weighted by molar-refractivity contribution is 0.542. The Labute approximate surface area is 114 Å². The van der Waals surface area contributed by atoms with Gasteiger partial charge >= 0.3 is 0 Å². The Balaban J connectivity index is 2.51. The molecule has 0 fully saturated rings. The SMILES string of the molecule is CCNc1cc(-n2ccc(C)n2)nc(C(C)(C)C)n1. The summed E-state index contributed by atoms with van der Waals surface area (Å²) < 4.78 is 1.78. The molecule has 0 radical (unpaired) electrons. The molecule has 0 saturated carbocycles. The molecule has 0 aromatic carbocycles. The van der Waals surface area contributed by atoms with E-state index >= 15 is 0 Å². The molecule has 1 N–H and O–H groups in total. The zero-order valence-electron chi connectivity index (χ0n) is 12.2. The highest BCUT2D eigenvalue weighted by Crippen LogP contribution is 2.21. The molecule has 19 heavy (non-hydrogen) atoms. The van der Waals surface area contributed by atoms with Gasteiger partial charge in [-0.1, -0.05) is 20.8 Å². The topological polar surface area (TPSA) is 55.6 Å². The van der Waals surface area contributed by atoms with Gasteiger partial charge in [0.1, 0.15) is 11.6 Å². The van der Waals surface area contributed by atoms with Gasteiger partial charge in [-0.2, -0.15) is 5.10 Å². The van der Waals surface area contributed by atoms with E-state index < -0.39 is 0 Å². The number of hydrogen-bond donors (Lipinski definition) is 1. The van der Waals surface area contributed by atoms with Crippen LogP contribution in [0.2, 0.25) is 0 Å². The molecule has 0 bridgehead atoms. The fraction of sp³-hybridized carbons (Fsp3) is 0.500. The van der Waals surface area contributed by atoms with Crippen LogP contribution in [0.1, 0.15) is 39.2 Å². The quantitative estimate of drug-likeness (QED) is 0.920. The monoisotopic (exact) mass is 259 g/mol. The van der Waals surface area contributed by atoms with Crippen LogP contribution in [0.3, 0.4) is 0 Å². The smallest absolute Gasteiger partial charge is 0.159 e. The number of rotatable bonds is 3. The van der Waals surface area contributed by atoms with Crippen molar-refractivity contribution in [2.45, 2.75) is 40.0 Å². The first-order valence-corrected chi connectivity index (χ1v) is 6.56. The normalized spacial score (nSPS) is 11.6. The number of nitrogens with zero attached hydrogens (tertiary/aromatic N) is 4. The maximum atomic E-state index is 4.62. The maximum Gasteiger partial charge on any atom is 0.159 e. The summed E-state index contributed by atoms with van der Waals surface area (Å²) in [6.45, 7) is 11.2. The second-order valence-electron chi connectivity index (χ2n) is 5.62. The highest BCUT2D eigenvalue weighted by atomic mass is 15.3. The summed E-state index contributed by atoms with van der Waals surface area (Å²) in [5, 5.41) is 7.65. The van der Waals surface area contributed by atoms with Crippen molar-refractivity contribution in [1.29, 1.82) is 0 Å². The fourth-order valence-electron chi connectivity index (χ4n) is 1.70. The first kappa shape index (κ1) is 13.5. The van der Waals surface area contributed by atoms with Gasteiger partial charge in [0.25, 0.3) is 0 Å². The molecule has 2 rings (SSSR count). The molecular formula is C14H21N5. The van der Waals surface area contributed by atoms with Gasteiger partial charge in [-0.05, 0) is 19.9 Å². The Morgan fingerprint density at radius 1 is 1.26 bits per heavy atom. The van der Waals surface area contributed by atoms with Crippen LogP contribution in [-0.2, 0) is 5.41 Å². The Hall–Kier alpha value is -1.91. The molecule has 0 saturated heterocycles. The van der Waals surface area contributed by atoms with Crippen LogP contribution in [0.25, 0.3) is 5.82 Å². The molecule has 0 aliphatic heterocycles. The van der Waals surface area contributed by atoms with Gasteiger partial charge in [0.2, 0.25) is 0 Å². The first-order valence-electron chi connectivity index (χ1n) is 6.56. The highest BCUT2D eigenvalue weighted by Gasteiger charge is 2.19. The van der Waals surface area contributed by atoms with E-state index in [1.165, 1.54) is 0 Å². The molecule has 102 valence electrons. The Morgan fingerprint density at radius 2 is 2.00 bits per heavy atom. The van der Waals surface area contributed by atoms with Crippen molar-refractivity contribution < 1.29 is 0 Å². The van der Waals surface area contributed by atoms with Gasteiger partial charge in [-0.15, -0.1) is 0 Å². The summed E-state index contributed by atoms with van der Waals surface area (Å²) in [4.78, 5) is 9.18. The lowest BCUT2D eigenvalue weighted by Crippen LogP contribution is -2.19. The Kier molecular flexibility index (Phi) is 3.55. The minimum Gasteiger partial charge on any atom is -0.370 e. The van der Waals surface area contributed by atoms with Gasteiger partial charge in [-0.25, -0.2) is 14.6 Å². The average Bonchev–Trinajstić information content (AvgIpc) is 2.75. The molecule has 0 aliphatic carbocycles. The van der Waals surface area contributed by atoms with Gasteiger partial charge < -0.3 is 5.32 Å². The predicted octanol–water partition coefficient (Wildman–Crippen LogP) is 2.70. The van der Waals surface area contributed by atoms with Crippen molar-refractivity contribution >= 4 is 5.82 Å². The number of aryl methyl sites for hydroxylation is 1. The number of anilines is 1. The summed E-state index contributed by atoms with van der Waals surface area (Å²) >= 11 is 0. The lowest BCUT2D eigenvalue weighted by atomic mass is 9.96. The average molecular weight is 259 g/mol. The molecule has 2 aromatic heterocycles. The van der Waals surface area contributed by atoms with Crippen molar-refractivity contribution in [1.82, 2.24) is 19.7 Å². The van der Waals surface area contributed by atoms with Crippen molar-refractivity contribution in [2.75, 3.05) is 11.9 Å². The van der Waals surface area contributed by atoms with E-state index in [9.17, 15) is 0 Å². The van der Waals surface area contributed by atoms with E-state index in [1.54, 1.807) is 4.68 Å². The third-order valence-corrected chi connectivity index (χ3v) is 2.70. The third-order valence-electron chi connectivity index (χ3n) is 2.70. The largest absolute Gasteiger partial charge is 0.370 e. The number of hydrogen-bond acceptors (Lipinski definition) is 4. The van der Waals surface area contributed by atoms with Crippen molar-refractivity contribution in [3.8, 4) is 5.82 Å². The summed E-state index contributed by atoms with van der Waals surface area (Å²) in [5.74, 6) is 2.45. The predicted molar refractivity (Wildman–Crippen MR) is 76.8 cm³/mol. The van der Waals surface area contributed by atoms with Crippen LogP contribution < -0.4 is 5.32 Å². The molecule has 0 atom stereocenters. The molecule has 2 heterocycles. The van der Waals surface area contributed by atoms with Crippen LogP contribution in [-0.4, -0.2) is 26.3 Å². The van der Waals surface area contributed by atoms with Gasteiger partial charge in [-0.3, -0.25) is 0 Å². The van der Waals surface area contributed by atoms with Crippen molar-refractivity contribution in [2.24, 2.45) is 0 Å². The zero-order valence-corrected chi connectivity index (χ0v) is 12.2. The van der Waals surface area contributed by atoms with Crippen LogP contribution in [0.15, 0.2) is 18.3 Å². The van der Waals surface area contributed by atoms with Crippen LogP contribution in [0.4, 0.5) is 5.82 Å². The fourth-order valence-corrected chi connectivity index (χ4v) is 1.70. The van der Waals surface area contributed by atoms with E-state index in [0.717, 1.165) is 29.7 Å². The summed E-state index contributed by atoms with van der Waals surface area (Å²) in [6, 6.07) is 3.89. The van der Waals surface area contributed by atoms with Crippen molar-refractivity contribution in [3.63, 3.8) is 0 Å². The third kappa shape index (κ3) is 3.10. The standard InChI is InChI=1S/C14H21N5/c1-6-15-11-9-12(19-8-7-10(2)18-19)17-13(16-11)14(3,4)5/h7-9H,6H2,1-5H3,(H,15,16,17). The summed E-state index contributed by atoms with van der Waals surface area (Å²) in [5.41, 5.74) is 0.878. The Bertz CT molecular complexity index is 565. The second kappa shape index (κ2) is 4.99. The molecular weight excluding hydrogens is 238 g/mol. The van der Waals surface area contributed by atoms with E-state index in [-0.39, 0.29) is 5.41 Å². The van der Waals surface area contributed by atoms with E-state index in [4.69, 9.17) is 0 Å². The number of nitrogens with one attached hydrogen (secondary N) is 1. The minimum absolute atomic E-state index is 0.0949. The van der Waals surface area contributed by atoms with E-state index in [1.807, 2.05) is 25.3 Å². The number of aromatic nitrogens is 4. The van der Waals surface area contributed by atoms with Gasteiger partial charge in [0, 0.05) is 24.2 Å². The Morgan fingerprint density at radius 3 is 2.53 bits per heavy atom. The molecule has 0 spiro atoms.